The van der Waals surface area contributed by atoms with Crippen LogP contribution in [0.25, 0.3) is 0 Å². The SMILES string of the molecule is COc1ccc(C(C)NC(=O)C2CCNCC2)cc1F.Cl. The first kappa shape index (κ1) is 17.7. The first-order chi connectivity index (χ1) is 9.61. The molecule has 4 nitrogen and oxygen atoms in total. The van der Waals surface area contributed by atoms with Gasteiger partial charge in [0.2, 0.25) is 5.91 Å². The lowest BCUT2D eigenvalue weighted by Crippen LogP contribution is -2.39. The van der Waals surface area contributed by atoms with E-state index in [1.807, 2.05) is 6.92 Å². The maximum atomic E-state index is 13.7. The van der Waals surface area contributed by atoms with Gasteiger partial charge in [0.05, 0.1) is 13.2 Å². The number of methoxy groups -OCH3 is 1. The van der Waals surface area contributed by atoms with Gasteiger partial charge in [-0.2, -0.15) is 0 Å². The summed E-state index contributed by atoms with van der Waals surface area (Å²) >= 11 is 0. The van der Waals surface area contributed by atoms with Crippen molar-refractivity contribution in [3.8, 4) is 5.75 Å². The molecule has 1 aliphatic rings. The van der Waals surface area contributed by atoms with Crippen molar-refractivity contribution in [3.05, 3.63) is 29.6 Å². The minimum absolute atomic E-state index is 0. The number of halogens is 2. The molecule has 1 aromatic rings. The minimum atomic E-state index is -0.409. The molecule has 2 N–H and O–H groups in total. The van der Waals surface area contributed by atoms with Crippen LogP contribution < -0.4 is 15.4 Å². The molecule has 21 heavy (non-hydrogen) atoms. The summed E-state index contributed by atoms with van der Waals surface area (Å²) in [4.78, 5) is 12.1. The minimum Gasteiger partial charge on any atom is -0.494 e. The molecule has 0 radical (unpaired) electrons. The maximum Gasteiger partial charge on any atom is 0.223 e. The fourth-order valence-electron chi connectivity index (χ4n) is 2.45. The molecular weight excluding hydrogens is 295 g/mol. The molecule has 0 aromatic heterocycles. The van der Waals surface area contributed by atoms with Crippen LogP contribution in [0.1, 0.15) is 31.4 Å². The van der Waals surface area contributed by atoms with Crippen LogP contribution in [0.15, 0.2) is 18.2 Å². The Morgan fingerprint density at radius 2 is 2.10 bits per heavy atom. The summed E-state index contributed by atoms with van der Waals surface area (Å²) in [6.07, 6.45) is 1.71. The van der Waals surface area contributed by atoms with Gasteiger partial charge < -0.3 is 15.4 Å². The Labute approximate surface area is 130 Å². The van der Waals surface area contributed by atoms with Gasteiger partial charge in [-0.1, -0.05) is 6.07 Å². The summed E-state index contributed by atoms with van der Waals surface area (Å²) < 4.78 is 18.5. The zero-order valence-corrected chi connectivity index (χ0v) is 13.1. The zero-order chi connectivity index (χ0) is 14.5. The molecule has 1 amide bonds. The Morgan fingerprint density at radius 1 is 1.43 bits per heavy atom. The van der Waals surface area contributed by atoms with E-state index >= 15 is 0 Å². The molecule has 1 aromatic carbocycles. The van der Waals surface area contributed by atoms with Crippen LogP contribution in [0.3, 0.4) is 0 Å². The molecule has 1 heterocycles. The van der Waals surface area contributed by atoms with E-state index in [0.29, 0.717) is 0 Å². The molecule has 6 heteroatoms. The number of nitrogens with one attached hydrogen (secondary N) is 2. The number of hydrogen-bond acceptors (Lipinski definition) is 3. The second-order valence-corrected chi connectivity index (χ2v) is 5.15. The Hall–Kier alpha value is -1.33. The van der Waals surface area contributed by atoms with Gasteiger partial charge in [-0.25, -0.2) is 4.39 Å². The normalized spacial score (nSPS) is 16.7. The van der Waals surface area contributed by atoms with Crippen LogP contribution in [0, 0.1) is 11.7 Å². The lowest BCUT2D eigenvalue weighted by molar-refractivity contribution is -0.126. The summed E-state index contributed by atoms with van der Waals surface area (Å²) in [5.41, 5.74) is 0.741. The predicted octanol–water partition coefficient (Wildman–Crippen LogP) is 2.43. The number of benzene rings is 1. The van der Waals surface area contributed by atoms with Gasteiger partial charge in [-0.3, -0.25) is 4.79 Å². The first-order valence-electron chi connectivity index (χ1n) is 6.96. The van der Waals surface area contributed by atoms with Gasteiger partial charge in [0.15, 0.2) is 11.6 Å². The van der Waals surface area contributed by atoms with Gasteiger partial charge in [0, 0.05) is 5.92 Å². The Morgan fingerprint density at radius 3 is 2.67 bits per heavy atom. The van der Waals surface area contributed by atoms with Crippen molar-refractivity contribution in [3.63, 3.8) is 0 Å². The average molecular weight is 317 g/mol. The average Bonchev–Trinajstić information content (AvgIpc) is 2.48. The van der Waals surface area contributed by atoms with E-state index in [2.05, 4.69) is 10.6 Å². The summed E-state index contributed by atoms with van der Waals surface area (Å²) in [5.74, 6) is -0.0874. The van der Waals surface area contributed by atoms with Crippen LogP contribution in [-0.4, -0.2) is 26.1 Å². The fraction of sp³-hybridized carbons (Fsp3) is 0.533. The van der Waals surface area contributed by atoms with Crippen LogP contribution in [0.4, 0.5) is 4.39 Å². The summed E-state index contributed by atoms with van der Waals surface area (Å²) in [6, 6.07) is 4.55. The molecule has 0 aliphatic carbocycles. The number of amides is 1. The predicted molar refractivity (Wildman–Crippen MR) is 82.4 cm³/mol. The number of rotatable bonds is 4. The van der Waals surface area contributed by atoms with E-state index in [1.165, 1.54) is 13.2 Å². The molecular formula is C15H22ClFN2O2. The third-order valence-corrected chi connectivity index (χ3v) is 3.74. The Bertz CT molecular complexity index is 479. The molecule has 118 valence electrons. The number of carbonyl (C=O) groups is 1. The van der Waals surface area contributed by atoms with E-state index in [1.54, 1.807) is 12.1 Å². The quantitative estimate of drug-likeness (QED) is 0.897. The molecule has 1 fully saturated rings. The first-order valence-corrected chi connectivity index (χ1v) is 6.96. The standard InChI is InChI=1S/C15H21FN2O2.ClH/c1-10(12-3-4-14(20-2)13(16)9-12)18-15(19)11-5-7-17-8-6-11;/h3-4,9-11,17H,5-8H2,1-2H3,(H,18,19);1H. The molecule has 1 saturated heterocycles. The number of piperidine rings is 1. The van der Waals surface area contributed by atoms with Crippen molar-refractivity contribution < 1.29 is 13.9 Å². The van der Waals surface area contributed by atoms with Gasteiger partial charge in [0.25, 0.3) is 0 Å². The van der Waals surface area contributed by atoms with Crippen molar-refractivity contribution in [2.75, 3.05) is 20.2 Å². The number of hydrogen-bond donors (Lipinski definition) is 2. The smallest absolute Gasteiger partial charge is 0.223 e. The largest absolute Gasteiger partial charge is 0.494 e. The van der Waals surface area contributed by atoms with Crippen LogP contribution in [0.2, 0.25) is 0 Å². The second-order valence-electron chi connectivity index (χ2n) is 5.15. The van der Waals surface area contributed by atoms with Gasteiger partial charge in [-0.05, 0) is 50.6 Å². The Kier molecular flexibility index (Phi) is 6.92. The second kappa shape index (κ2) is 8.20. The highest BCUT2D eigenvalue weighted by Crippen LogP contribution is 2.22. The highest BCUT2D eigenvalue weighted by atomic mass is 35.5. The zero-order valence-electron chi connectivity index (χ0n) is 12.3. The molecule has 2 rings (SSSR count). The van der Waals surface area contributed by atoms with Gasteiger partial charge >= 0.3 is 0 Å². The van der Waals surface area contributed by atoms with Gasteiger partial charge in [-0.15, -0.1) is 12.4 Å². The topological polar surface area (TPSA) is 50.4 Å². The van der Waals surface area contributed by atoms with Crippen molar-refractivity contribution in [1.82, 2.24) is 10.6 Å². The fourth-order valence-corrected chi connectivity index (χ4v) is 2.45. The lowest BCUT2D eigenvalue weighted by Gasteiger charge is -2.24. The van der Waals surface area contributed by atoms with E-state index in [4.69, 9.17) is 4.74 Å². The third-order valence-electron chi connectivity index (χ3n) is 3.74. The molecule has 0 saturated carbocycles. The monoisotopic (exact) mass is 316 g/mol. The Balaban J connectivity index is 0.00000220. The van der Waals surface area contributed by atoms with Crippen molar-refractivity contribution in [2.45, 2.75) is 25.8 Å². The lowest BCUT2D eigenvalue weighted by atomic mass is 9.96. The van der Waals surface area contributed by atoms with E-state index in [-0.39, 0.29) is 36.0 Å². The van der Waals surface area contributed by atoms with Gasteiger partial charge in [0.1, 0.15) is 0 Å². The molecule has 1 aliphatic heterocycles. The highest BCUT2D eigenvalue weighted by Gasteiger charge is 2.22. The summed E-state index contributed by atoms with van der Waals surface area (Å²) in [5, 5.41) is 6.19. The van der Waals surface area contributed by atoms with E-state index in [0.717, 1.165) is 31.5 Å². The van der Waals surface area contributed by atoms with Crippen LogP contribution in [0.5, 0.6) is 5.75 Å². The third kappa shape index (κ3) is 4.58. The van der Waals surface area contributed by atoms with E-state index in [9.17, 15) is 9.18 Å². The number of ether oxygens (including phenoxy) is 1. The van der Waals surface area contributed by atoms with Crippen molar-refractivity contribution >= 4 is 18.3 Å². The maximum absolute atomic E-state index is 13.7. The molecule has 1 unspecified atom stereocenters. The number of carbonyl (C=O) groups excluding carboxylic acids is 1. The molecule has 0 spiro atoms. The summed E-state index contributed by atoms with van der Waals surface area (Å²) in [7, 11) is 1.43. The molecule has 0 bridgehead atoms. The van der Waals surface area contributed by atoms with Crippen LogP contribution >= 0.6 is 12.4 Å². The molecule has 1 atom stereocenters. The highest BCUT2D eigenvalue weighted by molar-refractivity contribution is 5.85. The summed E-state index contributed by atoms with van der Waals surface area (Å²) in [6.45, 7) is 3.62. The van der Waals surface area contributed by atoms with Crippen molar-refractivity contribution in [2.24, 2.45) is 5.92 Å². The van der Waals surface area contributed by atoms with Crippen molar-refractivity contribution in [1.29, 1.82) is 0 Å². The van der Waals surface area contributed by atoms with E-state index < -0.39 is 5.82 Å². The van der Waals surface area contributed by atoms with Crippen LogP contribution in [-0.2, 0) is 4.79 Å².